The number of aliphatic hydroxyl groups is 2. The zero-order chi connectivity index (χ0) is 57.3. The lowest BCUT2D eigenvalue weighted by atomic mass is 9.91. The number of likely N-dealkylation sites (tertiary alicyclic amines) is 2. The number of piperidine rings is 2. The van der Waals surface area contributed by atoms with Gasteiger partial charge in [0, 0.05) is 120 Å². The first-order valence-corrected chi connectivity index (χ1v) is 30.8. The topological polar surface area (TPSA) is 245 Å². The van der Waals surface area contributed by atoms with Crippen molar-refractivity contribution in [1.29, 1.82) is 0 Å². The molecule has 1 aliphatic carbocycles. The molecule has 2 unspecified atom stereocenters. The molecule has 12 rings (SSSR count). The number of carbonyl (C=O) groups is 2. The third-order valence-corrected chi connectivity index (χ3v) is 19.2. The number of piperazine rings is 1. The number of para-hydroxylation sites is 1. The second-order valence-corrected chi connectivity index (χ2v) is 25.0. The van der Waals surface area contributed by atoms with Gasteiger partial charge >= 0.3 is 0 Å². The van der Waals surface area contributed by atoms with Crippen LogP contribution in [0.3, 0.4) is 0 Å². The number of hydrogen-bond acceptors (Lipinski definition) is 19. The normalized spacial score (nSPS) is 24.1. The summed E-state index contributed by atoms with van der Waals surface area (Å²) in [6.45, 7) is 12.2. The molecule has 6 aromatic rings. The van der Waals surface area contributed by atoms with Crippen molar-refractivity contribution in [3.63, 3.8) is 0 Å². The number of aliphatic hydroxyl groups excluding tert-OH is 2. The molecule has 0 radical (unpaired) electrons. The van der Waals surface area contributed by atoms with Crippen molar-refractivity contribution in [3.05, 3.63) is 102 Å². The van der Waals surface area contributed by atoms with Gasteiger partial charge in [-0.3, -0.25) is 9.59 Å². The van der Waals surface area contributed by atoms with E-state index in [9.17, 15) is 24.9 Å². The molecule has 9 heterocycles. The van der Waals surface area contributed by atoms with Gasteiger partial charge in [0.25, 0.3) is 0 Å². The Morgan fingerprint density at radius 2 is 1.61 bits per heavy atom. The van der Waals surface area contributed by atoms with Gasteiger partial charge in [0.15, 0.2) is 17.4 Å². The van der Waals surface area contributed by atoms with Crippen LogP contribution in [0.25, 0.3) is 21.7 Å². The Hall–Kier alpha value is -6.91. The fourth-order valence-corrected chi connectivity index (χ4v) is 14.5. The molecule has 5 aliphatic heterocycles. The lowest BCUT2D eigenvalue weighted by Crippen LogP contribution is -2.54. The number of hydrogen-bond donors (Lipinski definition) is 5. The lowest BCUT2D eigenvalue weighted by Gasteiger charge is -2.43. The number of phenols is 1. The first kappa shape index (κ1) is 56.6. The van der Waals surface area contributed by atoms with Crippen LogP contribution in [0.15, 0.2) is 89.0 Å². The lowest BCUT2D eigenvalue weighted by molar-refractivity contribution is -0.141. The number of thiazole rings is 1. The molecule has 21 heteroatoms. The number of anilines is 4. The molecule has 6 N–H and O–H groups in total. The minimum absolute atomic E-state index is 0.0391. The molecule has 4 aromatic heterocycles. The summed E-state index contributed by atoms with van der Waals surface area (Å²) in [5.74, 6) is 1.45. The number of nitrogens with zero attached hydrogens (tertiary/aromatic N) is 10. The molecule has 2 amide bonds. The number of β-amino-alcohol motifs (C(OH)–C–C–N with tert-alkyl or cyclic N) is 1. The summed E-state index contributed by atoms with van der Waals surface area (Å²) in [4.78, 5) is 49.8. The Kier molecular flexibility index (Phi) is 16.9. The Morgan fingerprint density at radius 1 is 0.855 bits per heavy atom. The molecule has 6 fully saturated rings. The molecule has 20 nitrogen and oxygen atoms in total. The van der Waals surface area contributed by atoms with Gasteiger partial charge in [0.1, 0.15) is 23.8 Å². The maximum Gasteiger partial charge on any atom is 0.243 e. The fraction of sp³-hybridized carbons (Fsp3) is 0.532. The largest absolute Gasteiger partial charge is 0.507 e. The highest BCUT2D eigenvalue weighted by molar-refractivity contribution is 7.13. The van der Waals surface area contributed by atoms with Gasteiger partial charge < -0.3 is 64.9 Å². The molecule has 1 saturated carbocycles. The Morgan fingerprint density at radius 3 is 2.33 bits per heavy atom. The zero-order valence-electron chi connectivity index (χ0n) is 47.7. The van der Waals surface area contributed by atoms with E-state index in [1.54, 1.807) is 23.5 Å². The van der Waals surface area contributed by atoms with E-state index in [1.165, 1.54) is 4.90 Å². The van der Waals surface area contributed by atoms with Crippen LogP contribution < -0.4 is 30.5 Å². The van der Waals surface area contributed by atoms with Gasteiger partial charge in [-0.25, -0.2) is 9.97 Å². The number of phenolic OH excluding ortho intramolecular Hbond substituents is 1. The number of amides is 2. The summed E-state index contributed by atoms with van der Waals surface area (Å²) in [6.07, 6.45) is 9.93. The minimum Gasteiger partial charge on any atom is -0.507 e. The standard InChI is InChI=1S/C62H78N12O8S/c1-37(2)58(62(79)73-35-45(76)27-53(73)61(78)66-50(19-25-75)40-8-10-41(11-9-40)59-38(3)65-36-83-59)55-31-56(69-82-55)71-23-15-39(16-24-71)32-70-21-17-46(18-22-70)80-47-28-48(29-47)81-57-26-42(14-20-64-57)74-43-12-13-44(74)34-72(33-43)52-30-51(67-68-60(52)63)49-6-4-5-7-54(49)77/h4-11,14,20,26,30-31,36-37,39,43-48,50,53,58,75-77H,12-13,15-19,21-25,27-29,32-35H2,1-3H3,(H2,63,68)(H,66,78)/t43?,44?,45-,47?,48?,50-,53+,58-/m1/s1. The molecule has 6 aliphatic rings. The zero-order valence-corrected chi connectivity index (χ0v) is 48.5. The van der Waals surface area contributed by atoms with E-state index in [0.29, 0.717) is 59.0 Å². The van der Waals surface area contributed by atoms with E-state index in [1.807, 2.05) is 81.0 Å². The number of ether oxygens (including phenoxy) is 2. The molecule has 83 heavy (non-hydrogen) atoms. The maximum atomic E-state index is 14.5. The van der Waals surface area contributed by atoms with Gasteiger partial charge in [0.2, 0.25) is 17.7 Å². The van der Waals surface area contributed by atoms with Crippen LogP contribution in [-0.2, 0) is 14.3 Å². The summed E-state index contributed by atoms with van der Waals surface area (Å²) in [5, 5.41) is 47.5. The van der Waals surface area contributed by atoms with Crippen molar-refractivity contribution in [1.82, 2.24) is 40.4 Å². The van der Waals surface area contributed by atoms with Crippen LogP contribution in [0.1, 0.15) is 107 Å². The number of carbonyl (C=O) groups excluding carboxylic acids is 2. The SMILES string of the molecule is Cc1ncsc1-c1ccc([C@@H](CCO)NC(=O)[C@@H]2C[C@@H](O)CN2C(=O)[C@@H](c2cc(N3CCC(CN4CCC(OC5CC(Oc6cc(N7C8CCC7CN(c7cc(-c9ccccc9O)nnc7N)C8)ccn6)C5)CC4)CC3)no2)C(C)C)cc1. The van der Waals surface area contributed by atoms with Gasteiger partial charge in [-0.2, -0.15) is 0 Å². The number of rotatable bonds is 19. The number of aromatic hydroxyl groups is 1. The van der Waals surface area contributed by atoms with Crippen molar-refractivity contribution >= 4 is 46.2 Å². The van der Waals surface area contributed by atoms with Gasteiger partial charge in [-0.15, -0.1) is 21.5 Å². The first-order valence-electron chi connectivity index (χ1n) is 29.9. The second kappa shape index (κ2) is 24.7. The fourth-order valence-electron chi connectivity index (χ4n) is 13.7. The highest BCUT2D eigenvalue weighted by atomic mass is 32.1. The number of nitrogen functional groups attached to an aromatic ring is 1. The molecule has 0 spiro atoms. The van der Waals surface area contributed by atoms with E-state index in [0.717, 1.165) is 130 Å². The summed E-state index contributed by atoms with van der Waals surface area (Å²) in [7, 11) is 0. The van der Waals surface area contributed by atoms with Crippen molar-refractivity contribution in [3.8, 4) is 33.3 Å². The molecule has 440 valence electrons. The molecular weight excluding hydrogens is 1070 g/mol. The van der Waals surface area contributed by atoms with Crippen molar-refractivity contribution in [2.24, 2.45) is 11.8 Å². The smallest absolute Gasteiger partial charge is 0.243 e. The van der Waals surface area contributed by atoms with Crippen LogP contribution in [0.5, 0.6) is 11.6 Å². The van der Waals surface area contributed by atoms with Gasteiger partial charge in [0.05, 0.1) is 51.8 Å². The Labute approximate surface area is 489 Å². The van der Waals surface area contributed by atoms with Crippen LogP contribution in [-0.4, -0.2) is 164 Å². The Balaban J connectivity index is 0.569. The van der Waals surface area contributed by atoms with Gasteiger partial charge in [-0.05, 0) is 99.1 Å². The number of aryl methyl sites for hydroxylation is 1. The number of nitrogens with one attached hydrogen (secondary N) is 1. The van der Waals surface area contributed by atoms with Crippen LogP contribution in [0.2, 0.25) is 0 Å². The second-order valence-electron chi connectivity index (χ2n) is 24.1. The van der Waals surface area contributed by atoms with Crippen molar-refractivity contribution in [2.75, 3.05) is 79.4 Å². The number of benzene rings is 2. The van der Waals surface area contributed by atoms with E-state index in [2.05, 4.69) is 62.4 Å². The summed E-state index contributed by atoms with van der Waals surface area (Å²) >= 11 is 1.57. The predicted molar refractivity (Wildman–Crippen MR) is 317 cm³/mol. The predicted octanol–water partition coefficient (Wildman–Crippen LogP) is 7.35. The minimum atomic E-state index is -0.881. The monoisotopic (exact) mass is 1150 g/mol. The number of fused-ring (bicyclic) bond motifs is 2. The molecule has 6 atom stereocenters. The molecule has 2 bridgehead atoms. The number of pyridine rings is 1. The van der Waals surface area contributed by atoms with E-state index < -0.39 is 24.1 Å². The van der Waals surface area contributed by atoms with E-state index >= 15 is 0 Å². The molecule has 2 aromatic carbocycles. The van der Waals surface area contributed by atoms with Gasteiger partial charge in [-0.1, -0.05) is 55.4 Å². The molecule has 5 saturated heterocycles. The number of aromatic nitrogens is 5. The van der Waals surface area contributed by atoms with E-state index in [-0.39, 0.29) is 61.4 Å². The summed E-state index contributed by atoms with van der Waals surface area (Å²) in [5.41, 5.74) is 14.3. The molecular formula is C62H78N12O8S. The average molecular weight is 1150 g/mol. The van der Waals surface area contributed by atoms with E-state index in [4.69, 9.17) is 19.7 Å². The Bertz CT molecular complexity index is 3180. The summed E-state index contributed by atoms with van der Waals surface area (Å²) in [6, 6.07) is 22.3. The third kappa shape index (κ3) is 12.4. The highest BCUT2D eigenvalue weighted by Gasteiger charge is 2.45. The van der Waals surface area contributed by atoms with Crippen molar-refractivity contribution in [2.45, 2.75) is 139 Å². The average Bonchev–Trinajstić information content (AvgIpc) is 4.51. The number of nitrogens with two attached hydrogens (primary N) is 1. The van der Waals surface area contributed by atoms with Crippen LogP contribution in [0, 0.1) is 18.8 Å². The third-order valence-electron chi connectivity index (χ3n) is 18.2. The van der Waals surface area contributed by atoms with Crippen LogP contribution in [0.4, 0.5) is 23.0 Å². The quantitative estimate of drug-likeness (QED) is 0.0532. The highest BCUT2D eigenvalue weighted by Crippen LogP contribution is 2.41. The first-order chi connectivity index (χ1) is 40.3. The van der Waals surface area contributed by atoms with Crippen LogP contribution >= 0.6 is 11.3 Å². The summed E-state index contributed by atoms with van der Waals surface area (Å²) < 4.78 is 19.1. The van der Waals surface area contributed by atoms with Crippen molar-refractivity contribution < 1.29 is 38.9 Å². The maximum absolute atomic E-state index is 14.5.